The number of carbonyl (C=O) groups excluding carboxylic acids is 1. The fourth-order valence-electron chi connectivity index (χ4n) is 3.54. The lowest BCUT2D eigenvalue weighted by atomic mass is 9.92. The second-order valence-corrected chi connectivity index (χ2v) is 6.36. The lowest BCUT2D eigenvalue weighted by Gasteiger charge is -2.27. The minimum absolute atomic E-state index is 0.00456. The Labute approximate surface area is 133 Å². The quantitative estimate of drug-likeness (QED) is 0.827. The smallest absolute Gasteiger partial charge is 0.375 e. The second-order valence-electron chi connectivity index (χ2n) is 6.36. The van der Waals surface area contributed by atoms with Crippen molar-refractivity contribution in [2.24, 2.45) is 0 Å². The largest absolute Gasteiger partial charge is 0.416 e. The van der Waals surface area contributed by atoms with Gasteiger partial charge in [-0.05, 0) is 37.3 Å². The molecule has 1 amide bonds. The van der Waals surface area contributed by atoms with E-state index >= 15 is 0 Å². The summed E-state index contributed by atoms with van der Waals surface area (Å²) in [5.41, 5.74) is -0.756. The van der Waals surface area contributed by atoms with Gasteiger partial charge in [0.1, 0.15) is 0 Å². The number of carbonyl (C=O) groups is 1. The molecule has 1 aromatic carbocycles. The molecule has 0 unspecified atom stereocenters. The number of alkyl halides is 3. The SMILES string of the molecule is O=C1CC[C@]2(CCCO2)CCN1Cc1ccccc1C(F)(F)F. The zero-order valence-corrected chi connectivity index (χ0v) is 12.9. The Kier molecular flexibility index (Phi) is 4.36. The number of halogens is 3. The average Bonchev–Trinajstić information content (AvgIpc) is 2.91. The number of nitrogens with zero attached hydrogens (tertiary/aromatic N) is 1. The third kappa shape index (κ3) is 3.52. The van der Waals surface area contributed by atoms with Gasteiger partial charge in [-0.2, -0.15) is 13.2 Å². The van der Waals surface area contributed by atoms with Crippen molar-refractivity contribution in [2.45, 2.75) is 50.4 Å². The zero-order chi connectivity index (χ0) is 16.5. The summed E-state index contributed by atoms with van der Waals surface area (Å²) in [5.74, 6) is -0.0886. The van der Waals surface area contributed by atoms with Crippen LogP contribution in [0.4, 0.5) is 13.2 Å². The van der Waals surface area contributed by atoms with E-state index < -0.39 is 11.7 Å². The summed E-state index contributed by atoms with van der Waals surface area (Å²) >= 11 is 0. The van der Waals surface area contributed by atoms with Gasteiger partial charge in [0.2, 0.25) is 5.91 Å². The predicted molar refractivity (Wildman–Crippen MR) is 78.6 cm³/mol. The van der Waals surface area contributed by atoms with E-state index in [4.69, 9.17) is 4.74 Å². The highest BCUT2D eigenvalue weighted by Crippen LogP contribution is 2.37. The van der Waals surface area contributed by atoms with Gasteiger partial charge >= 0.3 is 6.18 Å². The van der Waals surface area contributed by atoms with Crippen molar-refractivity contribution >= 4 is 5.91 Å². The summed E-state index contributed by atoms with van der Waals surface area (Å²) in [5, 5.41) is 0. The van der Waals surface area contributed by atoms with Crippen molar-refractivity contribution in [2.75, 3.05) is 13.2 Å². The van der Waals surface area contributed by atoms with E-state index in [2.05, 4.69) is 0 Å². The molecule has 1 atom stereocenters. The maximum Gasteiger partial charge on any atom is 0.416 e. The number of hydrogen-bond donors (Lipinski definition) is 0. The zero-order valence-electron chi connectivity index (χ0n) is 12.9. The molecular formula is C17H20F3NO2. The Hall–Kier alpha value is -1.56. The standard InChI is InChI=1S/C17H20F3NO2/c18-17(19,20)14-5-2-1-4-13(14)12-21-10-9-16(7-3-11-23-16)8-6-15(21)22/h1-2,4-5H,3,6-12H2/t16-/m1/s1. The Morgan fingerprint density at radius 2 is 1.96 bits per heavy atom. The summed E-state index contributed by atoms with van der Waals surface area (Å²) in [6.45, 7) is 1.17. The van der Waals surface area contributed by atoms with Crippen molar-refractivity contribution in [3.63, 3.8) is 0 Å². The highest BCUT2D eigenvalue weighted by atomic mass is 19.4. The van der Waals surface area contributed by atoms with E-state index in [1.807, 2.05) is 0 Å². The predicted octanol–water partition coefficient (Wildman–Crippen LogP) is 3.77. The van der Waals surface area contributed by atoms with Crippen LogP contribution in [0.1, 0.15) is 43.2 Å². The van der Waals surface area contributed by atoms with E-state index in [0.717, 1.165) is 18.9 Å². The number of likely N-dealkylation sites (tertiary alicyclic amines) is 1. The summed E-state index contributed by atoms with van der Waals surface area (Å²) in [6, 6.07) is 5.47. The first kappa shape index (κ1) is 16.3. The molecule has 126 valence electrons. The van der Waals surface area contributed by atoms with E-state index in [9.17, 15) is 18.0 Å². The molecule has 23 heavy (non-hydrogen) atoms. The van der Waals surface area contributed by atoms with Crippen LogP contribution in [0, 0.1) is 0 Å². The second kappa shape index (κ2) is 6.15. The third-order valence-corrected chi connectivity index (χ3v) is 4.85. The minimum atomic E-state index is -4.40. The van der Waals surface area contributed by atoms with Crippen LogP contribution in [0.15, 0.2) is 24.3 Å². The van der Waals surface area contributed by atoms with Crippen LogP contribution in [0.25, 0.3) is 0 Å². The molecule has 0 aliphatic carbocycles. The fraction of sp³-hybridized carbons (Fsp3) is 0.588. The molecule has 0 bridgehead atoms. The first-order valence-electron chi connectivity index (χ1n) is 7.97. The minimum Gasteiger partial charge on any atom is -0.375 e. The van der Waals surface area contributed by atoms with Gasteiger partial charge in [0.05, 0.1) is 11.2 Å². The van der Waals surface area contributed by atoms with Crippen LogP contribution < -0.4 is 0 Å². The number of hydrogen-bond acceptors (Lipinski definition) is 2. The molecule has 1 spiro atoms. The molecule has 2 saturated heterocycles. The van der Waals surface area contributed by atoms with Gasteiger partial charge in [0.15, 0.2) is 0 Å². The molecule has 3 rings (SSSR count). The number of rotatable bonds is 2. The van der Waals surface area contributed by atoms with Crippen LogP contribution in [-0.4, -0.2) is 29.6 Å². The summed E-state index contributed by atoms with van der Waals surface area (Å²) in [7, 11) is 0. The average molecular weight is 327 g/mol. The lowest BCUT2D eigenvalue weighted by molar-refractivity contribution is -0.139. The molecule has 0 radical (unpaired) electrons. The van der Waals surface area contributed by atoms with Crippen molar-refractivity contribution in [1.29, 1.82) is 0 Å². The Morgan fingerprint density at radius 3 is 2.65 bits per heavy atom. The molecule has 2 aliphatic rings. The molecule has 2 fully saturated rings. The third-order valence-electron chi connectivity index (χ3n) is 4.85. The monoisotopic (exact) mass is 327 g/mol. The van der Waals surface area contributed by atoms with E-state index in [-0.39, 0.29) is 23.6 Å². The lowest BCUT2D eigenvalue weighted by Crippen LogP contribution is -2.32. The Bertz CT molecular complexity index is 579. The normalized spacial score (nSPS) is 25.9. The molecule has 0 N–H and O–H groups in total. The van der Waals surface area contributed by atoms with Crippen LogP contribution in [0.2, 0.25) is 0 Å². The van der Waals surface area contributed by atoms with Gasteiger partial charge in [-0.3, -0.25) is 4.79 Å². The number of ether oxygens (including phenoxy) is 1. The molecule has 6 heteroatoms. The van der Waals surface area contributed by atoms with Crippen molar-refractivity contribution in [3.05, 3.63) is 35.4 Å². The van der Waals surface area contributed by atoms with Gasteiger partial charge in [0.25, 0.3) is 0 Å². The highest BCUT2D eigenvalue weighted by molar-refractivity contribution is 5.76. The van der Waals surface area contributed by atoms with Gasteiger partial charge in [-0.1, -0.05) is 18.2 Å². The fourth-order valence-corrected chi connectivity index (χ4v) is 3.54. The van der Waals surface area contributed by atoms with Crippen LogP contribution >= 0.6 is 0 Å². The number of amides is 1. The van der Waals surface area contributed by atoms with Gasteiger partial charge in [-0.15, -0.1) is 0 Å². The summed E-state index contributed by atoms with van der Waals surface area (Å²) in [6.07, 6.45) is -0.760. The molecule has 2 heterocycles. The van der Waals surface area contributed by atoms with E-state index in [1.165, 1.54) is 12.1 Å². The molecule has 0 saturated carbocycles. The van der Waals surface area contributed by atoms with Crippen molar-refractivity contribution < 1.29 is 22.7 Å². The van der Waals surface area contributed by atoms with Crippen LogP contribution in [-0.2, 0) is 22.3 Å². The first-order chi connectivity index (χ1) is 10.9. The summed E-state index contributed by atoms with van der Waals surface area (Å²) < 4.78 is 45.1. The Morgan fingerprint density at radius 1 is 1.17 bits per heavy atom. The van der Waals surface area contributed by atoms with E-state index in [0.29, 0.717) is 32.4 Å². The van der Waals surface area contributed by atoms with Gasteiger partial charge in [-0.25, -0.2) is 0 Å². The van der Waals surface area contributed by atoms with Gasteiger partial charge < -0.3 is 9.64 Å². The molecule has 0 aromatic heterocycles. The maximum atomic E-state index is 13.1. The molecule has 2 aliphatic heterocycles. The van der Waals surface area contributed by atoms with Crippen molar-refractivity contribution in [1.82, 2.24) is 4.90 Å². The summed E-state index contributed by atoms with van der Waals surface area (Å²) in [4.78, 5) is 13.9. The van der Waals surface area contributed by atoms with Crippen LogP contribution in [0.5, 0.6) is 0 Å². The molecule has 3 nitrogen and oxygen atoms in total. The maximum absolute atomic E-state index is 13.1. The number of benzene rings is 1. The molecular weight excluding hydrogens is 307 g/mol. The van der Waals surface area contributed by atoms with Crippen LogP contribution in [0.3, 0.4) is 0 Å². The van der Waals surface area contributed by atoms with Gasteiger partial charge in [0, 0.05) is 26.1 Å². The Balaban J connectivity index is 1.76. The topological polar surface area (TPSA) is 29.5 Å². The molecule has 1 aromatic rings. The van der Waals surface area contributed by atoms with E-state index in [1.54, 1.807) is 11.0 Å². The highest BCUT2D eigenvalue weighted by Gasteiger charge is 2.39. The van der Waals surface area contributed by atoms with Crippen molar-refractivity contribution in [3.8, 4) is 0 Å². The first-order valence-corrected chi connectivity index (χ1v) is 7.97.